The molecule has 2 rings (SSSR count). The number of nitrogens with one attached hydrogen (secondary N) is 1. The van der Waals surface area contributed by atoms with Crippen LogP contribution in [0.3, 0.4) is 0 Å². The third-order valence-corrected chi connectivity index (χ3v) is 3.58. The Morgan fingerprint density at radius 1 is 1.39 bits per heavy atom. The molecule has 1 aliphatic rings. The summed E-state index contributed by atoms with van der Waals surface area (Å²) in [5.41, 5.74) is 1.12. The van der Waals surface area contributed by atoms with Crippen molar-refractivity contribution in [1.29, 1.82) is 0 Å². The first kappa shape index (κ1) is 13.5. The van der Waals surface area contributed by atoms with Gasteiger partial charge in [0, 0.05) is 12.6 Å². The van der Waals surface area contributed by atoms with Gasteiger partial charge >= 0.3 is 0 Å². The Morgan fingerprint density at radius 2 is 2.06 bits per heavy atom. The van der Waals surface area contributed by atoms with Crippen LogP contribution in [0.15, 0.2) is 24.3 Å². The van der Waals surface area contributed by atoms with Crippen molar-refractivity contribution in [3.63, 3.8) is 0 Å². The molecule has 1 aromatic carbocycles. The van der Waals surface area contributed by atoms with Crippen molar-refractivity contribution in [2.75, 3.05) is 6.54 Å². The maximum absolute atomic E-state index is 12.8. The van der Waals surface area contributed by atoms with Crippen LogP contribution in [-0.2, 0) is 4.74 Å². The van der Waals surface area contributed by atoms with E-state index in [-0.39, 0.29) is 17.5 Å². The van der Waals surface area contributed by atoms with Gasteiger partial charge in [-0.1, -0.05) is 12.1 Å². The van der Waals surface area contributed by atoms with E-state index in [1.54, 1.807) is 0 Å². The molecule has 100 valence electrons. The van der Waals surface area contributed by atoms with E-state index in [9.17, 15) is 4.39 Å². The third-order valence-electron chi connectivity index (χ3n) is 3.58. The minimum atomic E-state index is -0.188. The van der Waals surface area contributed by atoms with E-state index < -0.39 is 0 Å². The average molecular weight is 251 g/mol. The van der Waals surface area contributed by atoms with Crippen molar-refractivity contribution in [3.8, 4) is 0 Å². The Kier molecular flexibility index (Phi) is 4.03. The van der Waals surface area contributed by atoms with E-state index in [1.807, 2.05) is 12.1 Å². The number of ether oxygens (including phenoxy) is 1. The van der Waals surface area contributed by atoms with Gasteiger partial charge in [-0.3, -0.25) is 0 Å². The van der Waals surface area contributed by atoms with Crippen molar-refractivity contribution in [1.82, 2.24) is 5.32 Å². The van der Waals surface area contributed by atoms with Crippen LogP contribution < -0.4 is 5.32 Å². The van der Waals surface area contributed by atoms with Gasteiger partial charge in [-0.2, -0.15) is 0 Å². The lowest BCUT2D eigenvalue weighted by atomic mass is 10.1. The summed E-state index contributed by atoms with van der Waals surface area (Å²) in [5, 5.41) is 3.45. The first-order chi connectivity index (χ1) is 8.46. The summed E-state index contributed by atoms with van der Waals surface area (Å²) < 4.78 is 18.8. The minimum Gasteiger partial charge on any atom is -0.371 e. The van der Waals surface area contributed by atoms with Crippen LogP contribution in [0.2, 0.25) is 0 Å². The quantitative estimate of drug-likeness (QED) is 0.885. The summed E-state index contributed by atoms with van der Waals surface area (Å²) in [6.07, 6.45) is 2.52. The summed E-state index contributed by atoms with van der Waals surface area (Å²) in [6.45, 7) is 7.21. The molecule has 1 unspecified atom stereocenters. The molecule has 1 heterocycles. The number of rotatable bonds is 4. The zero-order chi connectivity index (χ0) is 13.2. The molecule has 18 heavy (non-hydrogen) atoms. The third kappa shape index (κ3) is 3.53. The molecule has 1 aliphatic heterocycles. The fourth-order valence-electron chi connectivity index (χ4n) is 2.40. The normalized spacial score (nSPS) is 24.1. The number of benzene rings is 1. The van der Waals surface area contributed by atoms with E-state index in [2.05, 4.69) is 26.1 Å². The second-order valence-electron chi connectivity index (χ2n) is 5.72. The van der Waals surface area contributed by atoms with Crippen LogP contribution in [-0.4, -0.2) is 18.2 Å². The summed E-state index contributed by atoms with van der Waals surface area (Å²) >= 11 is 0. The number of hydrogen-bond acceptors (Lipinski definition) is 2. The van der Waals surface area contributed by atoms with E-state index in [0.29, 0.717) is 6.10 Å². The summed E-state index contributed by atoms with van der Waals surface area (Å²) in [6, 6.07) is 6.88. The van der Waals surface area contributed by atoms with Gasteiger partial charge in [-0.15, -0.1) is 0 Å². The molecule has 0 aliphatic carbocycles. The number of halogens is 1. The molecule has 0 bridgehead atoms. The van der Waals surface area contributed by atoms with Crippen LogP contribution in [0.25, 0.3) is 0 Å². The Balaban J connectivity index is 1.82. The maximum atomic E-state index is 12.8. The highest BCUT2D eigenvalue weighted by Crippen LogP contribution is 2.29. The SMILES string of the molecule is C[C@@H](NCC1CCC(C)(C)O1)c1ccc(F)cc1. The van der Waals surface area contributed by atoms with Gasteiger partial charge in [-0.25, -0.2) is 4.39 Å². The topological polar surface area (TPSA) is 21.3 Å². The fourth-order valence-corrected chi connectivity index (χ4v) is 2.40. The molecule has 1 aromatic rings. The summed E-state index contributed by atoms with van der Waals surface area (Å²) in [4.78, 5) is 0. The van der Waals surface area contributed by atoms with Crippen LogP contribution >= 0.6 is 0 Å². The van der Waals surface area contributed by atoms with Crippen LogP contribution in [0.5, 0.6) is 0 Å². The first-order valence-corrected chi connectivity index (χ1v) is 6.63. The molecule has 0 saturated carbocycles. The van der Waals surface area contributed by atoms with Gasteiger partial charge in [-0.05, 0) is 51.3 Å². The van der Waals surface area contributed by atoms with Crippen molar-refractivity contribution in [2.45, 2.75) is 51.4 Å². The molecule has 0 aromatic heterocycles. The fraction of sp³-hybridized carbons (Fsp3) is 0.600. The highest BCUT2D eigenvalue weighted by Gasteiger charge is 2.31. The second kappa shape index (κ2) is 5.37. The molecule has 0 spiro atoms. The highest BCUT2D eigenvalue weighted by atomic mass is 19.1. The lowest BCUT2D eigenvalue weighted by molar-refractivity contribution is -0.0150. The van der Waals surface area contributed by atoms with Crippen molar-refractivity contribution in [2.24, 2.45) is 0 Å². The maximum Gasteiger partial charge on any atom is 0.123 e. The Bertz CT molecular complexity index is 388. The Morgan fingerprint density at radius 3 is 2.61 bits per heavy atom. The second-order valence-corrected chi connectivity index (χ2v) is 5.72. The van der Waals surface area contributed by atoms with Crippen molar-refractivity contribution in [3.05, 3.63) is 35.6 Å². The number of hydrogen-bond donors (Lipinski definition) is 1. The Hall–Kier alpha value is -0.930. The van der Waals surface area contributed by atoms with Gasteiger partial charge in [0.15, 0.2) is 0 Å². The van der Waals surface area contributed by atoms with Gasteiger partial charge in [0.25, 0.3) is 0 Å². The summed E-state index contributed by atoms with van der Waals surface area (Å²) in [7, 11) is 0. The first-order valence-electron chi connectivity index (χ1n) is 6.63. The lowest BCUT2D eigenvalue weighted by Gasteiger charge is -2.21. The van der Waals surface area contributed by atoms with E-state index in [0.717, 1.165) is 24.9 Å². The smallest absolute Gasteiger partial charge is 0.123 e. The van der Waals surface area contributed by atoms with Gasteiger partial charge in [0.2, 0.25) is 0 Å². The molecule has 1 N–H and O–H groups in total. The summed E-state index contributed by atoms with van der Waals surface area (Å²) in [5.74, 6) is -0.188. The lowest BCUT2D eigenvalue weighted by Crippen LogP contribution is -2.31. The molecule has 2 atom stereocenters. The minimum absolute atomic E-state index is 0.0193. The van der Waals surface area contributed by atoms with E-state index >= 15 is 0 Å². The Labute approximate surface area is 109 Å². The molecule has 0 amide bonds. The van der Waals surface area contributed by atoms with Gasteiger partial charge in [0.1, 0.15) is 5.82 Å². The average Bonchev–Trinajstić information content (AvgIpc) is 2.67. The largest absolute Gasteiger partial charge is 0.371 e. The molecule has 1 saturated heterocycles. The van der Waals surface area contributed by atoms with Gasteiger partial charge < -0.3 is 10.1 Å². The van der Waals surface area contributed by atoms with Crippen LogP contribution in [0.1, 0.15) is 45.2 Å². The monoisotopic (exact) mass is 251 g/mol. The molecule has 3 heteroatoms. The van der Waals surface area contributed by atoms with Crippen molar-refractivity contribution >= 4 is 0 Å². The molecular formula is C15H22FNO. The van der Waals surface area contributed by atoms with Crippen LogP contribution in [0, 0.1) is 5.82 Å². The molecule has 0 radical (unpaired) electrons. The zero-order valence-corrected chi connectivity index (χ0v) is 11.4. The molecule has 2 nitrogen and oxygen atoms in total. The molecular weight excluding hydrogens is 229 g/mol. The predicted octanol–water partition coefficient (Wildman–Crippen LogP) is 3.43. The van der Waals surface area contributed by atoms with Crippen molar-refractivity contribution < 1.29 is 9.13 Å². The van der Waals surface area contributed by atoms with E-state index in [4.69, 9.17) is 4.74 Å². The van der Waals surface area contributed by atoms with Crippen LogP contribution in [0.4, 0.5) is 4.39 Å². The standard InChI is InChI=1S/C15H22FNO/c1-11(12-4-6-13(16)7-5-12)17-10-14-8-9-15(2,3)18-14/h4-7,11,14,17H,8-10H2,1-3H3/t11-,14?/m1/s1. The highest BCUT2D eigenvalue weighted by molar-refractivity contribution is 5.19. The molecule has 1 fully saturated rings. The van der Waals surface area contributed by atoms with Gasteiger partial charge in [0.05, 0.1) is 11.7 Å². The van der Waals surface area contributed by atoms with E-state index in [1.165, 1.54) is 12.1 Å². The predicted molar refractivity (Wildman–Crippen MR) is 71.0 cm³/mol. The zero-order valence-electron chi connectivity index (χ0n) is 11.4.